The van der Waals surface area contributed by atoms with Crippen LogP contribution in [0.15, 0.2) is 24.3 Å². The first kappa shape index (κ1) is 15.3. The van der Waals surface area contributed by atoms with Gasteiger partial charge in [0.1, 0.15) is 5.82 Å². The van der Waals surface area contributed by atoms with Crippen molar-refractivity contribution in [2.24, 2.45) is 0 Å². The van der Waals surface area contributed by atoms with E-state index in [9.17, 15) is 4.79 Å². The Morgan fingerprint density at radius 2 is 2.13 bits per heavy atom. The molecule has 6 nitrogen and oxygen atoms in total. The van der Waals surface area contributed by atoms with Gasteiger partial charge in [0.05, 0.1) is 22.7 Å². The number of nitrogens with zero attached hydrogens (tertiary/aromatic N) is 3. The van der Waals surface area contributed by atoms with Gasteiger partial charge in [-0.15, -0.1) is 11.6 Å². The average molecular weight is 329 g/mol. The molecule has 1 N–H and O–H groups in total. The molecule has 1 aromatic carbocycles. The van der Waals surface area contributed by atoms with Crippen molar-refractivity contribution in [3.05, 3.63) is 41.1 Å². The third-order valence-corrected chi connectivity index (χ3v) is 3.90. The molecule has 2 aromatic rings. The molecule has 23 heavy (non-hydrogen) atoms. The fourth-order valence-corrected chi connectivity index (χ4v) is 2.73. The number of hydrogen-bond donors (Lipinski definition) is 1. The Kier molecular flexibility index (Phi) is 4.13. The summed E-state index contributed by atoms with van der Waals surface area (Å²) in [5.41, 5.74) is 2.96. The van der Waals surface area contributed by atoms with Gasteiger partial charge in [0.15, 0.2) is 0 Å². The molecule has 0 amide bonds. The number of ether oxygens (including phenoxy) is 1. The topological polar surface area (TPSA) is 87.9 Å². The van der Waals surface area contributed by atoms with Crippen molar-refractivity contribution in [2.45, 2.75) is 25.1 Å². The highest BCUT2D eigenvalue weighted by atomic mass is 35.5. The van der Waals surface area contributed by atoms with Crippen LogP contribution in [0.3, 0.4) is 0 Å². The van der Waals surface area contributed by atoms with Crippen molar-refractivity contribution in [1.29, 1.82) is 5.26 Å². The normalized spacial score (nSPS) is 15.6. The number of aromatic nitrogens is 2. The zero-order valence-corrected chi connectivity index (χ0v) is 13.1. The molecule has 1 heterocycles. The molecule has 7 heteroatoms. The van der Waals surface area contributed by atoms with Crippen LogP contribution in [0.2, 0.25) is 0 Å². The van der Waals surface area contributed by atoms with Gasteiger partial charge >= 0.3 is 12.0 Å². The van der Waals surface area contributed by atoms with Crippen molar-refractivity contribution >= 4 is 29.1 Å². The van der Waals surface area contributed by atoms with Crippen LogP contribution in [0.5, 0.6) is 6.01 Å². The molecule has 0 radical (unpaired) electrons. The number of carbonyl (C=O) groups excluding carboxylic acids is 1. The van der Waals surface area contributed by atoms with E-state index in [2.05, 4.69) is 21.4 Å². The van der Waals surface area contributed by atoms with Crippen molar-refractivity contribution in [2.75, 3.05) is 5.32 Å². The third-order valence-electron chi connectivity index (χ3n) is 3.47. The van der Waals surface area contributed by atoms with E-state index in [0.717, 1.165) is 24.1 Å². The summed E-state index contributed by atoms with van der Waals surface area (Å²) < 4.78 is 5.00. The number of hydrogen-bond acceptors (Lipinski definition) is 6. The minimum Gasteiger partial charge on any atom is -0.391 e. The van der Waals surface area contributed by atoms with E-state index in [1.807, 2.05) is 0 Å². The Morgan fingerprint density at radius 1 is 1.39 bits per heavy atom. The van der Waals surface area contributed by atoms with Crippen molar-refractivity contribution < 1.29 is 9.53 Å². The number of halogens is 1. The molecule has 0 fully saturated rings. The van der Waals surface area contributed by atoms with Crippen molar-refractivity contribution in [1.82, 2.24) is 9.97 Å². The molecular weight excluding hydrogens is 316 g/mol. The van der Waals surface area contributed by atoms with Crippen LogP contribution in [-0.4, -0.2) is 15.9 Å². The van der Waals surface area contributed by atoms with Gasteiger partial charge in [0.2, 0.25) is 0 Å². The molecule has 3 rings (SSSR count). The number of nitriles is 1. The Hall–Kier alpha value is -2.65. The lowest BCUT2D eigenvalue weighted by Crippen LogP contribution is -2.09. The first-order valence-corrected chi connectivity index (χ1v) is 7.51. The summed E-state index contributed by atoms with van der Waals surface area (Å²) in [6, 6.07) is 9.04. The summed E-state index contributed by atoms with van der Waals surface area (Å²) in [6.45, 7) is 1.29. The molecule has 0 saturated heterocycles. The lowest BCUT2D eigenvalue weighted by atomic mass is 10.2. The van der Waals surface area contributed by atoms with E-state index < -0.39 is 5.97 Å². The van der Waals surface area contributed by atoms with Crippen LogP contribution in [-0.2, 0) is 11.2 Å². The number of esters is 1. The minimum atomic E-state index is -0.488. The number of rotatable bonds is 3. The van der Waals surface area contributed by atoms with E-state index in [-0.39, 0.29) is 11.4 Å². The van der Waals surface area contributed by atoms with Gasteiger partial charge in [-0.05, 0) is 37.1 Å². The molecule has 1 unspecified atom stereocenters. The van der Waals surface area contributed by atoms with E-state index in [4.69, 9.17) is 21.6 Å². The largest absolute Gasteiger partial charge is 0.391 e. The maximum Gasteiger partial charge on any atom is 0.326 e. The van der Waals surface area contributed by atoms with Crippen molar-refractivity contribution in [3.63, 3.8) is 0 Å². The summed E-state index contributed by atoms with van der Waals surface area (Å²) >= 11 is 6.27. The molecule has 0 saturated carbocycles. The zero-order valence-electron chi connectivity index (χ0n) is 12.3. The molecular formula is C16H13ClN4O2. The first-order valence-electron chi connectivity index (χ1n) is 7.07. The van der Waals surface area contributed by atoms with Gasteiger partial charge in [0, 0.05) is 18.2 Å². The SMILES string of the molecule is CC(=O)Oc1nc(Nc2ccc(C#N)cc2)c2c(n1)C(Cl)CC2. The highest BCUT2D eigenvalue weighted by Crippen LogP contribution is 2.39. The Morgan fingerprint density at radius 3 is 2.78 bits per heavy atom. The second-order valence-corrected chi connectivity index (χ2v) is 5.66. The number of benzene rings is 1. The quantitative estimate of drug-likeness (QED) is 0.687. The van der Waals surface area contributed by atoms with Crippen LogP contribution in [0.1, 0.15) is 35.5 Å². The fraction of sp³-hybridized carbons (Fsp3) is 0.250. The van der Waals surface area contributed by atoms with E-state index in [1.165, 1.54) is 6.92 Å². The number of alkyl halides is 1. The molecule has 1 atom stereocenters. The Labute approximate surface area is 138 Å². The lowest BCUT2D eigenvalue weighted by Gasteiger charge is -2.12. The lowest BCUT2D eigenvalue weighted by molar-refractivity contribution is -0.132. The van der Waals surface area contributed by atoms with Crippen LogP contribution in [0, 0.1) is 11.3 Å². The third kappa shape index (κ3) is 3.25. The van der Waals surface area contributed by atoms with Gasteiger partial charge in [-0.25, -0.2) is 0 Å². The Bertz CT molecular complexity index is 799. The maximum absolute atomic E-state index is 11.1. The summed E-state index contributed by atoms with van der Waals surface area (Å²) in [5, 5.41) is 11.8. The molecule has 116 valence electrons. The van der Waals surface area contributed by atoms with Gasteiger partial charge in [0.25, 0.3) is 0 Å². The van der Waals surface area contributed by atoms with E-state index in [1.54, 1.807) is 24.3 Å². The van der Waals surface area contributed by atoms with Crippen LogP contribution in [0.4, 0.5) is 11.5 Å². The smallest absolute Gasteiger partial charge is 0.326 e. The van der Waals surface area contributed by atoms with E-state index >= 15 is 0 Å². The average Bonchev–Trinajstić information content (AvgIpc) is 2.89. The van der Waals surface area contributed by atoms with Gasteiger partial charge in [-0.2, -0.15) is 15.2 Å². The standard InChI is InChI=1S/C16H13ClN4O2/c1-9(22)23-16-20-14-12(6-7-13(14)17)15(21-16)19-11-4-2-10(8-18)3-5-11/h2-5,13H,6-7H2,1H3,(H,19,20,21). The predicted octanol–water partition coefficient (Wildman–Crippen LogP) is 3.24. The molecule has 0 spiro atoms. The Balaban J connectivity index is 1.96. The highest BCUT2D eigenvalue weighted by molar-refractivity contribution is 6.21. The molecule has 1 aliphatic rings. The fourth-order valence-electron chi connectivity index (χ4n) is 2.44. The molecule has 0 aliphatic heterocycles. The summed E-state index contributed by atoms with van der Waals surface area (Å²) in [6.07, 6.45) is 1.51. The maximum atomic E-state index is 11.1. The van der Waals surface area contributed by atoms with Gasteiger partial charge in [-0.1, -0.05) is 0 Å². The van der Waals surface area contributed by atoms with Gasteiger partial charge in [-0.3, -0.25) is 4.79 Å². The molecule has 1 aromatic heterocycles. The summed E-state index contributed by atoms with van der Waals surface area (Å²) in [5.74, 6) is 0.0810. The number of carbonyl (C=O) groups is 1. The van der Waals surface area contributed by atoms with Gasteiger partial charge < -0.3 is 10.1 Å². The second-order valence-electron chi connectivity index (χ2n) is 5.13. The number of anilines is 2. The highest BCUT2D eigenvalue weighted by Gasteiger charge is 2.27. The summed E-state index contributed by atoms with van der Waals surface area (Å²) in [7, 11) is 0. The second kappa shape index (κ2) is 6.23. The van der Waals surface area contributed by atoms with Crippen LogP contribution >= 0.6 is 11.6 Å². The van der Waals surface area contributed by atoms with Crippen molar-refractivity contribution in [3.8, 4) is 12.1 Å². The zero-order chi connectivity index (χ0) is 16.4. The number of fused-ring (bicyclic) bond motifs is 1. The van der Waals surface area contributed by atoms with Crippen LogP contribution < -0.4 is 10.1 Å². The minimum absolute atomic E-state index is 0.0139. The van der Waals surface area contributed by atoms with E-state index in [0.29, 0.717) is 17.1 Å². The summed E-state index contributed by atoms with van der Waals surface area (Å²) in [4.78, 5) is 19.7. The number of nitrogens with one attached hydrogen (secondary N) is 1. The predicted molar refractivity (Wildman–Crippen MR) is 84.7 cm³/mol. The first-order chi connectivity index (χ1) is 11.1. The van der Waals surface area contributed by atoms with Crippen LogP contribution in [0.25, 0.3) is 0 Å². The molecule has 1 aliphatic carbocycles. The molecule has 0 bridgehead atoms. The monoisotopic (exact) mass is 328 g/mol.